The summed E-state index contributed by atoms with van der Waals surface area (Å²) in [5, 5.41) is 14.0. The van der Waals surface area contributed by atoms with E-state index in [-0.39, 0.29) is 132 Å². The summed E-state index contributed by atoms with van der Waals surface area (Å²) in [6.45, 7) is 27.2. The number of likely N-dealkylation sites (N-methyl/N-ethyl adjacent to an activating group) is 4. The van der Waals surface area contributed by atoms with Crippen LogP contribution in [0.4, 0.5) is 0 Å². The second kappa shape index (κ2) is 93.5. The number of imide groups is 3. The molecule has 794 valence electrons. The predicted octanol–water partition coefficient (Wildman–Crippen LogP) is 17.5. The van der Waals surface area contributed by atoms with Gasteiger partial charge in [-0.3, -0.25) is 62.5 Å². The number of benzene rings is 1. The number of hydroxylamine groups is 2. The van der Waals surface area contributed by atoms with E-state index >= 15 is 0 Å². The molecule has 12 saturated heterocycles. The fourth-order valence-corrected chi connectivity index (χ4v) is 13.9. The van der Waals surface area contributed by atoms with Crippen molar-refractivity contribution in [2.75, 3.05) is 256 Å². The van der Waals surface area contributed by atoms with Crippen molar-refractivity contribution in [2.24, 2.45) is 14.1 Å². The number of hydrogen-bond donors (Lipinski definition) is 1. The number of fused-ring (bicyclic) bond motifs is 1. The van der Waals surface area contributed by atoms with Gasteiger partial charge in [0, 0.05) is 197 Å². The van der Waals surface area contributed by atoms with Crippen molar-refractivity contribution in [1.82, 2.24) is 92.9 Å². The Bertz CT molecular complexity index is 3050. The van der Waals surface area contributed by atoms with Crippen molar-refractivity contribution in [3.8, 4) is 0 Å². The standard InChI is InChI=1S/C9H7NO2.C7H13NO.C7H15N.C6H14N2.C6H11NO.3C6H13N.C5H12N2O.C5H7NO2.C5H5NO2.C5H9NO.2C5H11N.C5H7N.C4H6N2.13CH4/c1-10-8(11)6-4-2-3-5-7(6)9(10)12;1-8-6-4-2-3-5-7(8)9;1-8-6-4-2-3-5-7-8;1-7-3-5-8(2)6-4-7;1-7-5-3-2-4-6(7)8;3*1-7-5-3-2-4-6-7;1-6-2-4-7(8)5-3-6;2*1-6-4(7)2-3-5(6)8;1-6-4-2-3-5(6)7;4*1-6-4-2-3-5-6;;;;;;;;;;;;;/h2-5H,1H3;2-6H2,1H3;2-7H2,1H3;3-6H2,1-2H3;2-5H2,1H3;3*2-6H2,1H3;8H,2-5H2,1H3;2-3H2,1H3;2-3H,1H3;2-4H2,1H3;2*2-5H2,1H3;2-5H,1H3;2-4H,1H3;13*1H4. The number of rotatable bonds is 0. The van der Waals surface area contributed by atoms with Crippen LogP contribution in [-0.4, -0.2) is 408 Å². The van der Waals surface area contributed by atoms with E-state index in [0.29, 0.717) is 41.7 Å². The topological polar surface area (TPSA) is 248 Å². The van der Waals surface area contributed by atoms with E-state index in [1.165, 1.54) is 276 Å². The number of carbonyl (C=O) groups is 9. The third-order valence-corrected chi connectivity index (χ3v) is 22.8. The van der Waals surface area contributed by atoms with Crippen molar-refractivity contribution in [3.63, 3.8) is 0 Å². The smallest absolute Gasteiger partial charge is 0.261 e. The van der Waals surface area contributed by atoms with E-state index in [1.54, 1.807) is 44.9 Å². The highest BCUT2D eigenvalue weighted by Gasteiger charge is 2.32. The third-order valence-electron chi connectivity index (χ3n) is 22.8. The molecule has 0 aliphatic carbocycles. The van der Waals surface area contributed by atoms with E-state index in [2.05, 4.69) is 113 Å². The fourth-order valence-electron chi connectivity index (χ4n) is 13.9. The summed E-state index contributed by atoms with van der Waals surface area (Å²) < 4.78 is 3.75. The van der Waals surface area contributed by atoms with Gasteiger partial charge in [0.15, 0.2) is 0 Å². The Morgan fingerprint density at radius 3 is 0.679 bits per heavy atom. The van der Waals surface area contributed by atoms with E-state index in [9.17, 15) is 43.2 Å². The van der Waals surface area contributed by atoms with Crippen LogP contribution in [-0.2, 0) is 47.7 Å². The summed E-state index contributed by atoms with van der Waals surface area (Å²) in [4.78, 5) is 127. The minimum absolute atomic E-state index is 0. The van der Waals surface area contributed by atoms with Crippen LogP contribution >= 0.6 is 0 Å². The van der Waals surface area contributed by atoms with Gasteiger partial charge in [-0.25, -0.2) is 0 Å². The molecule has 3 aromatic rings. The van der Waals surface area contributed by atoms with Crippen LogP contribution in [0, 0.1) is 0 Å². The van der Waals surface area contributed by atoms with Crippen LogP contribution < -0.4 is 0 Å². The van der Waals surface area contributed by atoms with Crippen molar-refractivity contribution in [1.29, 1.82) is 0 Å². The van der Waals surface area contributed by atoms with Crippen LogP contribution in [0.25, 0.3) is 0 Å². The summed E-state index contributed by atoms with van der Waals surface area (Å²) in [6, 6.07) is 12.7. The van der Waals surface area contributed by atoms with Crippen LogP contribution in [0.5, 0.6) is 0 Å². The van der Waals surface area contributed by atoms with Crippen molar-refractivity contribution in [2.45, 2.75) is 276 Å². The van der Waals surface area contributed by atoms with Gasteiger partial charge in [0.05, 0.1) is 11.1 Å². The molecular formula is C105H219N19O10. The number of piperazine rings is 2. The van der Waals surface area contributed by atoms with Crippen molar-refractivity contribution >= 4 is 53.2 Å². The summed E-state index contributed by atoms with van der Waals surface area (Å²) in [5.74, 6) is -0.120. The van der Waals surface area contributed by atoms with E-state index in [4.69, 9.17) is 5.21 Å². The molecule has 0 bridgehead atoms. The minimum atomic E-state index is -0.241. The average molecular weight is 1910 g/mol. The molecule has 17 rings (SSSR count). The Hall–Kier alpha value is -7.16. The number of aromatic nitrogens is 3. The Labute approximate surface area is 827 Å². The van der Waals surface area contributed by atoms with Gasteiger partial charge >= 0.3 is 0 Å². The molecule has 1 aromatic carbocycles. The van der Waals surface area contributed by atoms with Gasteiger partial charge in [0.1, 0.15) is 0 Å². The first-order valence-electron chi connectivity index (χ1n) is 45.3. The first kappa shape index (κ1) is 152. The lowest BCUT2D eigenvalue weighted by Crippen LogP contribution is -2.42. The van der Waals surface area contributed by atoms with Gasteiger partial charge in [-0.05, 0) is 281 Å². The molecule has 0 saturated carbocycles. The molecule has 0 radical (unpaired) electrons. The monoisotopic (exact) mass is 1910 g/mol. The molecule has 0 spiro atoms. The molecule has 134 heavy (non-hydrogen) atoms. The van der Waals surface area contributed by atoms with E-state index in [0.717, 1.165) is 94.1 Å². The highest BCUT2D eigenvalue weighted by molar-refractivity contribution is 6.21. The number of hydrogen-bond acceptors (Lipinski definition) is 21. The van der Waals surface area contributed by atoms with Crippen molar-refractivity contribution < 1.29 is 48.4 Å². The largest absolute Gasteiger partial charge is 0.357 e. The summed E-state index contributed by atoms with van der Waals surface area (Å²) in [7, 11) is 33.5. The lowest BCUT2D eigenvalue weighted by atomic mass is 10.1. The molecule has 29 nitrogen and oxygen atoms in total. The Morgan fingerprint density at radius 1 is 0.231 bits per heavy atom. The molecular weight excluding hydrogens is 1690 g/mol. The maximum Gasteiger partial charge on any atom is 0.261 e. The zero-order valence-corrected chi connectivity index (χ0v) is 78.7. The molecule has 14 aliphatic rings. The predicted molar refractivity (Wildman–Crippen MR) is 577 cm³/mol. The van der Waals surface area contributed by atoms with Crippen LogP contribution in [0.2, 0.25) is 0 Å². The quantitative estimate of drug-likeness (QED) is 0.205. The summed E-state index contributed by atoms with van der Waals surface area (Å²) >= 11 is 0. The Balaban J connectivity index is -0.000000118. The summed E-state index contributed by atoms with van der Waals surface area (Å²) in [5.41, 5.74) is 1.01. The molecule has 14 aliphatic heterocycles. The molecule has 29 heteroatoms. The van der Waals surface area contributed by atoms with Gasteiger partial charge in [0.25, 0.3) is 23.6 Å². The number of piperidine rings is 4. The van der Waals surface area contributed by atoms with Crippen LogP contribution in [0.1, 0.15) is 297 Å². The maximum atomic E-state index is 11.3. The molecule has 16 heterocycles. The second-order valence-corrected chi connectivity index (χ2v) is 34.2. The zero-order chi connectivity index (χ0) is 89.7. The number of carbonyl (C=O) groups excluding carboxylic acids is 9. The van der Waals surface area contributed by atoms with Gasteiger partial charge < -0.3 is 68.6 Å². The van der Waals surface area contributed by atoms with Crippen LogP contribution in [0.15, 0.2) is 79.4 Å². The molecule has 0 atom stereocenters. The normalized spacial score (nSPS) is 19.2. The number of nitrogens with zero attached hydrogens (tertiary/aromatic N) is 19. The van der Waals surface area contributed by atoms with Gasteiger partial charge in [-0.2, -0.15) is 10.2 Å². The third kappa shape index (κ3) is 74.9. The number of amides is 9. The van der Waals surface area contributed by atoms with Crippen LogP contribution in [0.3, 0.4) is 0 Å². The highest BCUT2D eigenvalue weighted by Crippen LogP contribution is 2.21. The molecule has 1 N–H and O–H groups in total. The maximum absolute atomic E-state index is 11.3. The second-order valence-electron chi connectivity index (χ2n) is 34.2. The summed E-state index contributed by atoms with van der Waals surface area (Å²) in [6.07, 6.45) is 44.2. The van der Waals surface area contributed by atoms with Gasteiger partial charge in [-0.1, -0.05) is 147 Å². The van der Waals surface area contributed by atoms with E-state index in [1.807, 2.05) is 81.5 Å². The Kier molecular flexibility index (Phi) is 106. The Morgan fingerprint density at radius 2 is 0.470 bits per heavy atom. The molecule has 2 aromatic heterocycles. The molecule has 9 amide bonds. The minimum Gasteiger partial charge on any atom is -0.357 e. The molecule has 12 fully saturated rings. The number of likely N-dealkylation sites (tertiary alicyclic amines) is 10. The van der Waals surface area contributed by atoms with Gasteiger partial charge in [0.2, 0.25) is 29.5 Å². The zero-order valence-electron chi connectivity index (χ0n) is 78.7. The fraction of sp³-hybridized carbons (Fsp3) is 0.771. The number of aryl methyl sites for hydroxylation is 2. The lowest BCUT2D eigenvalue weighted by molar-refractivity contribution is -0.137. The molecule has 0 unspecified atom stereocenters. The first-order chi connectivity index (χ1) is 57.8. The highest BCUT2D eigenvalue weighted by atomic mass is 16.5. The van der Waals surface area contributed by atoms with Crippen molar-refractivity contribution in [3.05, 3.63) is 90.5 Å². The lowest BCUT2D eigenvalue weighted by Gasteiger charge is -2.28. The van der Waals surface area contributed by atoms with E-state index < -0.39 is 0 Å². The van der Waals surface area contributed by atoms with Gasteiger partial charge in [-0.15, -0.1) is 0 Å². The average Bonchev–Trinajstić information content (AvgIpc) is 1.65. The first-order valence-corrected chi connectivity index (χ1v) is 45.3. The SMILES string of the molecule is C.C.C.C.C.C.C.C.C.C.C.C.C.CN1C(=O)C=CC1=O.CN1C(=O)CCC1=O.CN1C(=O)c2ccccc2C1=O.CN1CCCC1.CN1CCCC1.CN1CCCC1=O.CN1CCCCC1.CN1CCCCC1.CN1CCCCC1.CN1CCCCC1=O.CN1CCCCCC1.CN1CCCCCC1=O.CN1CCN(C)CC1.CN1CCN(O)CC1.Cn1cccc1.Cn1cccn1.